The molecule has 8 nitrogen and oxygen atoms in total. The lowest BCUT2D eigenvalue weighted by molar-refractivity contribution is 0.103. The summed E-state index contributed by atoms with van der Waals surface area (Å²) in [6.07, 6.45) is 2.56. The zero-order valence-electron chi connectivity index (χ0n) is 18.1. The maximum atomic E-state index is 11.2. The van der Waals surface area contributed by atoms with Crippen LogP contribution in [0, 0.1) is 0 Å². The SMILES string of the molecule is O=C(O)N1CCN(Cc2cc3cc(c2)Nc2nc(ncc2Cl)Nc2cccc(c2)CC3)CC1. The van der Waals surface area contributed by atoms with Crippen molar-refractivity contribution in [2.75, 3.05) is 36.8 Å². The van der Waals surface area contributed by atoms with Crippen molar-refractivity contribution >= 4 is 40.8 Å². The Hall–Kier alpha value is -3.36. The number of aryl methyl sites for hydroxylation is 2. The second-order valence-corrected chi connectivity index (χ2v) is 8.83. The van der Waals surface area contributed by atoms with Gasteiger partial charge in [0, 0.05) is 44.1 Å². The first-order valence-corrected chi connectivity index (χ1v) is 11.4. The molecule has 0 spiro atoms. The molecule has 5 rings (SSSR count). The van der Waals surface area contributed by atoms with Gasteiger partial charge in [0.05, 0.1) is 6.20 Å². The number of nitrogens with one attached hydrogen (secondary N) is 2. The molecule has 6 bridgehead atoms. The average Bonchev–Trinajstić information content (AvgIpc) is 2.80. The molecule has 0 radical (unpaired) electrons. The Morgan fingerprint density at radius 1 is 1.00 bits per heavy atom. The van der Waals surface area contributed by atoms with E-state index < -0.39 is 6.09 Å². The largest absolute Gasteiger partial charge is 0.465 e. The maximum absolute atomic E-state index is 11.2. The molecule has 9 heteroatoms. The van der Waals surface area contributed by atoms with Crippen molar-refractivity contribution in [1.29, 1.82) is 0 Å². The second kappa shape index (κ2) is 9.25. The number of hydrogen-bond donors (Lipinski definition) is 3. The number of rotatable bonds is 2. The van der Waals surface area contributed by atoms with Crippen LogP contribution in [0.15, 0.2) is 48.7 Å². The van der Waals surface area contributed by atoms with Crippen molar-refractivity contribution in [1.82, 2.24) is 19.8 Å². The maximum Gasteiger partial charge on any atom is 0.407 e. The molecule has 1 saturated heterocycles. The van der Waals surface area contributed by atoms with Crippen molar-refractivity contribution in [2.45, 2.75) is 19.4 Å². The predicted octanol–water partition coefficient (Wildman–Crippen LogP) is 4.51. The zero-order chi connectivity index (χ0) is 22.8. The summed E-state index contributed by atoms with van der Waals surface area (Å²) in [6, 6.07) is 14.8. The van der Waals surface area contributed by atoms with Crippen LogP contribution in [-0.2, 0) is 19.4 Å². The van der Waals surface area contributed by atoms with Crippen LogP contribution in [-0.4, -0.2) is 57.1 Å². The highest BCUT2D eigenvalue weighted by molar-refractivity contribution is 6.32. The van der Waals surface area contributed by atoms with Gasteiger partial charge in [-0.2, -0.15) is 4.98 Å². The van der Waals surface area contributed by atoms with Gasteiger partial charge >= 0.3 is 6.09 Å². The van der Waals surface area contributed by atoms with Gasteiger partial charge in [-0.1, -0.05) is 29.8 Å². The molecule has 3 N–H and O–H groups in total. The minimum absolute atomic E-state index is 0.445. The smallest absolute Gasteiger partial charge is 0.407 e. The lowest BCUT2D eigenvalue weighted by atomic mass is 10.0. The number of amides is 1. The van der Waals surface area contributed by atoms with Crippen molar-refractivity contribution in [2.24, 2.45) is 0 Å². The Morgan fingerprint density at radius 2 is 1.79 bits per heavy atom. The van der Waals surface area contributed by atoms with Crippen LogP contribution >= 0.6 is 11.6 Å². The zero-order valence-corrected chi connectivity index (χ0v) is 18.8. The predicted molar refractivity (Wildman–Crippen MR) is 129 cm³/mol. The van der Waals surface area contributed by atoms with Crippen LogP contribution in [0.1, 0.15) is 16.7 Å². The molecule has 1 amide bonds. The van der Waals surface area contributed by atoms with E-state index in [1.807, 2.05) is 12.1 Å². The summed E-state index contributed by atoms with van der Waals surface area (Å²) in [5, 5.41) is 16.3. The highest BCUT2D eigenvalue weighted by atomic mass is 35.5. The van der Waals surface area contributed by atoms with Gasteiger partial charge in [-0.05, 0) is 53.8 Å². The molecule has 0 unspecified atom stereocenters. The van der Waals surface area contributed by atoms with Crippen LogP contribution < -0.4 is 10.6 Å². The van der Waals surface area contributed by atoms with Gasteiger partial charge < -0.3 is 20.6 Å². The van der Waals surface area contributed by atoms with E-state index >= 15 is 0 Å². The van der Waals surface area contributed by atoms with Gasteiger partial charge in [-0.25, -0.2) is 9.78 Å². The van der Waals surface area contributed by atoms with Gasteiger partial charge in [0.1, 0.15) is 5.02 Å². The van der Waals surface area contributed by atoms with E-state index in [-0.39, 0.29) is 0 Å². The van der Waals surface area contributed by atoms with Crippen LogP contribution in [0.5, 0.6) is 0 Å². The highest BCUT2D eigenvalue weighted by Gasteiger charge is 2.20. The van der Waals surface area contributed by atoms with Gasteiger partial charge in [-0.15, -0.1) is 0 Å². The molecular weight excluding hydrogens is 440 g/mol. The molecule has 3 heterocycles. The Morgan fingerprint density at radius 3 is 2.61 bits per heavy atom. The number of aromatic nitrogens is 2. The number of halogens is 1. The molecule has 0 atom stereocenters. The van der Waals surface area contributed by atoms with E-state index in [2.05, 4.69) is 55.8 Å². The third-order valence-electron chi connectivity index (χ3n) is 5.99. The summed E-state index contributed by atoms with van der Waals surface area (Å²) in [5.41, 5.74) is 5.49. The minimum atomic E-state index is -0.847. The molecule has 2 aliphatic rings. The Bertz CT molecular complexity index is 1180. The first-order valence-electron chi connectivity index (χ1n) is 11.0. The molecule has 0 saturated carbocycles. The van der Waals surface area contributed by atoms with E-state index in [1.54, 1.807) is 6.20 Å². The van der Waals surface area contributed by atoms with Gasteiger partial charge in [0.2, 0.25) is 5.95 Å². The number of nitrogens with zero attached hydrogens (tertiary/aromatic N) is 4. The number of hydrogen-bond acceptors (Lipinski definition) is 6. The monoisotopic (exact) mass is 464 g/mol. The highest BCUT2D eigenvalue weighted by Crippen LogP contribution is 2.28. The standard InChI is InChI=1S/C24H25ClN6O2/c25-21-14-26-23-28-19-3-1-2-16(11-19)4-5-17-10-18(13-20(12-17)27-22(21)29-23)15-30-6-8-31(9-7-30)24(32)33/h1-3,10-14H,4-9,15H2,(H,32,33)(H2,26,27,28,29). The van der Waals surface area contributed by atoms with Crippen molar-refractivity contribution in [3.8, 4) is 0 Å². The topological polar surface area (TPSA) is 93.6 Å². The second-order valence-electron chi connectivity index (χ2n) is 8.42. The van der Waals surface area contributed by atoms with Crippen LogP contribution in [0.3, 0.4) is 0 Å². The molecule has 1 fully saturated rings. The Labute approximate surface area is 197 Å². The Kier molecular flexibility index (Phi) is 6.02. The Balaban J connectivity index is 1.44. The number of fused-ring (bicyclic) bond motifs is 6. The van der Waals surface area contributed by atoms with Gasteiger partial charge in [-0.3, -0.25) is 4.90 Å². The van der Waals surface area contributed by atoms with E-state index in [0.717, 1.165) is 43.9 Å². The van der Waals surface area contributed by atoms with E-state index in [4.69, 9.17) is 11.6 Å². The van der Waals surface area contributed by atoms with Crippen LogP contribution in [0.25, 0.3) is 0 Å². The van der Waals surface area contributed by atoms with Gasteiger partial charge in [0.25, 0.3) is 0 Å². The summed E-state index contributed by atoms with van der Waals surface area (Å²) in [4.78, 5) is 23.8. The van der Waals surface area contributed by atoms with E-state index in [1.165, 1.54) is 21.6 Å². The summed E-state index contributed by atoms with van der Waals surface area (Å²) >= 11 is 6.39. The third kappa shape index (κ3) is 5.18. The van der Waals surface area contributed by atoms with Crippen molar-refractivity contribution in [3.63, 3.8) is 0 Å². The lowest BCUT2D eigenvalue weighted by Gasteiger charge is -2.33. The van der Waals surface area contributed by atoms with Crippen LogP contribution in [0.4, 0.5) is 27.9 Å². The fourth-order valence-electron chi connectivity index (χ4n) is 4.30. The summed E-state index contributed by atoms with van der Waals surface area (Å²) in [7, 11) is 0. The van der Waals surface area contributed by atoms with Crippen LogP contribution in [0.2, 0.25) is 5.02 Å². The molecule has 0 aliphatic carbocycles. The fraction of sp³-hybridized carbons (Fsp3) is 0.292. The molecule has 170 valence electrons. The summed E-state index contributed by atoms with van der Waals surface area (Å²) in [6.45, 7) is 3.26. The number of anilines is 4. The molecule has 1 aromatic heterocycles. The lowest BCUT2D eigenvalue weighted by Crippen LogP contribution is -2.47. The number of benzene rings is 2. The summed E-state index contributed by atoms with van der Waals surface area (Å²) in [5.74, 6) is 1.02. The molecular formula is C24H25ClN6O2. The molecule has 2 aliphatic heterocycles. The number of piperazine rings is 1. The fourth-order valence-corrected chi connectivity index (χ4v) is 4.44. The molecule has 33 heavy (non-hydrogen) atoms. The number of carboxylic acid groups (broad SMARTS) is 1. The third-order valence-corrected chi connectivity index (χ3v) is 6.27. The summed E-state index contributed by atoms with van der Waals surface area (Å²) < 4.78 is 0. The normalized spacial score (nSPS) is 16.0. The quantitative estimate of drug-likeness (QED) is 0.513. The average molecular weight is 465 g/mol. The van der Waals surface area contributed by atoms with Crippen molar-refractivity contribution in [3.05, 3.63) is 70.4 Å². The number of carbonyl (C=O) groups is 1. The molecule has 2 aromatic carbocycles. The molecule has 3 aromatic rings. The first-order chi connectivity index (χ1) is 16.0. The van der Waals surface area contributed by atoms with E-state index in [0.29, 0.717) is 29.9 Å². The van der Waals surface area contributed by atoms with Gasteiger partial charge in [0.15, 0.2) is 5.82 Å². The van der Waals surface area contributed by atoms with Crippen molar-refractivity contribution < 1.29 is 9.90 Å². The minimum Gasteiger partial charge on any atom is -0.465 e. The van der Waals surface area contributed by atoms with E-state index in [9.17, 15) is 9.90 Å². The first kappa shape index (κ1) is 21.5.